The summed E-state index contributed by atoms with van der Waals surface area (Å²) in [4.78, 5) is 2.48. The molecule has 0 saturated heterocycles. The monoisotopic (exact) mass is 804 g/mol. The Labute approximate surface area is 366 Å². The van der Waals surface area contributed by atoms with Crippen LogP contribution in [0.1, 0.15) is 0 Å². The zero-order valence-electron chi connectivity index (χ0n) is 34.4. The molecule has 0 unspecified atom stereocenters. The molecule has 0 aliphatic carbocycles. The van der Waals surface area contributed by atoms with Crippen LogP contribution >= 0.6 is 0 Å². The smallest absolute Gasteiger partial charge is 0.143 e. The maximum absolute atomic E-state index is 6.75. The number of aromatic nitrogens is 1. The summed E-state index contributed by atoms with van der Waals surface area (Å²) in [5.74, 6) is 0. The van der Waals surface area contributed by atoms with Gasteiger partial charge in [-0.15, -0.1) is 0 Å². The van der Waals surface area contributed by atoms with E-state index in [9.17, 15) is 0 Å². The fraction of sp³-hybridized carbons (Fsp3) is 0. The van der Waals surface area contributed by atoms with Crippen molar-refractivity contribution in [3.05, 3.63) is 243 Å². The number of fused-ring (bicyclic) bond motifs is 6. The number of para-hydroxylation sites is 5. The van der Waals surface area contributed by atoms with E-state index in [0.29, 0.717) is 0 Å². The molecule has 10 aromatic carbocycles. The highest BCUT2D eigenvalue weighted by atomic mass is 16.3. The molecule has 0 spiro atoms. The minimum atomic E-state index is 0.874. The van der Waals surface area contributed by atoms with Crippen molar-refractivity contribution in [2.45, 2.75) is 0 Å². The van der Waals surface area contributed by atoms with Crippen LogP contribution in [-0.4, -0.2) is 4.57 Å². The van der Waals surface area contributed by atoms with Crippen LogP contribution in [0.3, 0.4) is 0 Å². The van der Waals surface area contributed by atoms with Gasteiger partial charge in [-0.3, -0.25) is 0 Å². The van der Waals surface area contributed by atoms with Crippen LogP contribution in [0.25, 0.3) is 93.9 Å². The Morgan fingerprint density at radius 2 is 0.873 bits per heavy atom. The summed E-state index contributed by atoms with van der Waals surface area (Å²) in [7, 11) is 0. The molecule has 0 radical (unpaired) electrons. The van der Waals surface area contributed by atoms with E-state index in [1.54, 1.807) is 0 Å². The number of anilines is 3. The molecule has 0 N–H and O–H groups in total. The number of hydrogen-bond donors (Lipinski definition) is 0. The molecule has 2 aromatic heterocycles. The molecule has 12 aromatic rings. The third-order valence-electron chi connectivity index (χ3n) is 12.4. The second-order valence-electron chi connectivity index (χ2n) is 16.0. The number of nitrogens with zero attached hydrogens (tertiary/aromatic N) is 2. The molecular weight excluding hydrogens is 765 g/mol. The first-order chi connectivity index (χ1) is 31.3. The molecule has 0 atom stereocenters. The Balaban J connectivity index is 1.20. The van der Waals surface area contributed by atoms with Gasteiger partial charge in [0.1, 0.15) is 11.2 Å². The van der Waals surface area contributed by atoms with Crippen molar-refractivity contribution >= 4 is 60.8 Å². The van der Waals surface area contributed by atoms with Gasteiger partial charge >= 0.3 is 0 Å². The van der Waals surface area contributed by atoms with Gasteiger partial charge in [-0.25, -0.2) is 0 Å². The summed E-state index contributed by atoms with van der Waals surface area (Å²) in [5, 5.41) is 4.63. The standard InChI is InChI=1S/C60H40N2O/c1-4-20-41(21-5-1)45-26-10-11-30-51(45)59-46(42-22-6-2-7-23-42)31-19-36-56(59)62(44-38-39-49-47-27-12-15-34-54(47)61(57(49)40-44)43-24-8-3-9-25-43)55-35-16-13-28-48(55)52-32-18-33-53-50-29-14-17-37-58(50)63-60(52)53/h1-40H. The molecule has 3 heteroatoms. The highest BCUT2D eigenvalue weighted by molar-refractivity contribution is 6.13. The molecule has 0 aliphatic rings. The molecule has 296 valence electrons. The maximum atomic E-state index is 6.75. The van der Waals surface area contributed by atoms with Gasteiger partial charge in [-0.1, -0.05) is 194 Å². The van der Waals surface area contributed by atoms with Crippen molar-refractivity contribution in [2.24, 2.45) is 0 Å². The minimum Gasteiger partial charge on any atom is -0.455 e. The highest BCUT2D eigenvalue weighted by Crippen LogP contribution is 2.51. The van der Waals surface area contributed by atoms with Crippen LogP contribution in [0.4, 0.5) is 17.1 Å². The van der Waals surface area contributed by atoms with Crippen molar-refractivity contribution in [2.75, 3.05) is 4.90 Å². The van der Waals surface area contributed by atoms with Crippen molar-refractivity contribution in [1.82, 2.24) is 4.57 Å². The van der Waals surface area contributed by atoms with Crippen LogP contribution in [0.5, 0.6) is 0 Å². The summed E-state index contributed by atoms with van der Waals surface area (Å²) in [6.45, 7) is 0. The van der Waals surface area contributed by atoms with E-state index in [4.69, 9.17) is 4.42 Å². The molecule has 3 nitrogen and oxygen atoms in total. The van der Waals surface area contributed by atoms with E-state index in [1.807, 2.05) is 6.07 Å². The van der Waals surface area contributed by atoms with E-state index < -0.39 is 0 Å². The minimum absolute atomic E-state index is 0.874. The lowest BCUT2D eigenvalue weighted by molar-refractivity contribution is 0.670. The normalized spacial score (nSPS) is 11.5. The summed E-state index contributed by atoms with van der Waals surface area (Å²) in [6, 6.07) is 87.2. The predicted octanol–water partition coefficient (Wildman–Crippen LogP) is 16.8. The van der Waals surface area contributed by atoms with E-state index >= 15 is 0 Å². The average molecular weight is 805 g/mol. The van der Waals surface area contributed by atoms with Gasteiger partial charge in [-0.2, -0.15) is 0 Å². The van der Waals surface area contributed by atoms with Gasteiger partial charge in [0.2, 0.25) is 0 Å². The Morgan fingerprint density at radius 3 is 1.67 bits per heavy atom. The first kappa shape index (κ1) is 36.5. The quantitative estimate of drug-likeness (QED) is 0.153. The lowest BCUT2D eigenvalue weighted by atomic mass is 9.87. The zero-order valence-corrected chi connectivity index (χ0v) is 34.4. The topological polar surface area (TPSA) is 21.3 Å². The van der Waals surface area contributed by atoms with E-state index in [2.05, 4.69) is 246 Å². The highest BCUT2D eigenvalue weighted by Gasteiger charge is 2.26. The summed E-state index contributed by atoms with van der Waals surface area (Å²) in [6.07, 6.45) is 0. The largest absolute Gasteiger partial charge is 0.455 e. The van der Waals surface area contributed by atoms with Gasteiger partial charge in [0, 0.05) is 49.6 Å². The van der Waals surface area contributed by atoms with Gasteiger partial charge in [-0.05, 0) is 76.3 Å². The van der Waals surface area contributed by atoms with Gasteiger partial charge < -0.3 is 13.9 Å². The first-order valence-corrected chi connectivity index (χ1v) is 21.5. The molecular formula is C60H40N2O. The number of benzene rings is 10. The predicted molar refractivity (Wildman–Crippen MR) is 264 cm³/mol. The van der Waals surface area contributed by atoms with E-state index in [1.165, 1.54) is 27.4 Å². The number of hydrogen-bond acceptors (Lipinski definition) is 2. The fourth-order valence-corrected chi connectivity index (χ4v) is 9.66. The molecule has 0 saturated carbocycles. The van der Waals surface area contributed by atoms with E-state index in [0.717, 1.165) is 83.6 Å². The van der Waals surface area contributed by atoms with Crippen molar-refractivity contribution in [3.63, 3.8) is 0 Å². The third-order valence-corrected chi connectivity index (χ3v) is 12.4. The third kappa shape index (κ3) is 6.13. The summed E-state index contributed by atoms with van der Waals surface area (Å²) >= 11 is 0. The maximum Gasteiger partial charge on any atom is 0.143 e. The second-order valence-corrected chi connectivity index (χ2v) is 16.0. The lowest BCUT2D eigenvalue weighted by Crippen LogP contribution is -2.13. The Hall–Kier alpha value is -8.40. The summed E-state index contributed by atoms with van der Waals surface area (Å²) < 4.78 is 9.16. The van der Waals surface area contributed by atoms with Crippen LogP contribution < -0.4 is 4.90 Å². The fourth-order valence-electron chi connectivity index (χ4n) is 9.66. The molecule has 12 rings (SSSR count). The van der Waals surface area contributed by atoms with Gasteiger partial charge in [0.15, 0.2) is 0 Å². The zero-order chi connectivity index (χ0) is 41.7. The Kier molecular flexibility index (Phi) is 8.83. The van der Waals surface area contributed by atoms with Gasteiger partial charge in [0.05, 0.1) is 22.4 Å². The first-order valence-electron chi connectivity index (χ1n) is 21.5. The number of furan rings is 1. The molecule has 0 amide bonds. The van der Waals surface area contributed by atoms with Crippen LogP contribution in [0.2, 0.25) is 0 Å². The second kappa shape index (κ2) is 15.3. The lowest BCUT2D eigenvalue weighted by Gasteiger charge is -2.31. The molecule has 2 heterocycles. The van der Waals surface area contributed by atoms with Crippen LogP contribution in [0, 0.1) is 0 Å². The van der Waals surface area contributed by atoms with E-state index in [-0.39, 0.29) is 0 Å². The average Bonchev–Trinajstić information content (AvgIpc) is 3.91. The molecule has 0 bridgehead atoms. The Bertz CT molecular complexity index is 3620. The number of rotatable bonds is 8. The van der Waals surface area contributed by atoms with Crippen molar-refractivity contribution < 1.29 is 4.42 Å². The van der Waals surface area contributed by atoms with Crippen LogP contribution in [-0.2, 0) is 0 Å². The molecule has 63 heavy (non-hydrogen) atoms. The summed E-state index contributed by atoms with van der Waals surface area (Å²) in [5.41, 5.74) is 17.3. The van der Waals surface area contributed by atoms with Crippen LogP contribution in [0.15, 0.2) is 247 Å². The van der Waals surface area contributed by atoms with Crippen molar-refractivity contribution in [3.8, 4) is 50.2 Å². The SMILES string of the molecule is c1ccc(-c2ccccc2-c2c(-c3ccccc3)cccc2N(c2ccc3c4ccccc4n(-c4ccccc4)c3c2)c2ccccc2-c2cccc3c2oc2ccccc23)cc1. The van der Waals surface area contributed by atoms with Crippen molar-refractivity contribution in [1.29, 1.82) is 0 Å². The Morgan fingerprint density at radius 1 is 0.333 bits per heavy atom. The molecule has 0 aliphatic heterocycles. The molecule has 0 fully saturated rings. The van der Waals surface area contributed by atoms with Gasteiger partial charge in [0.25, 0.3) is 0 Å².